The highest BCUT2D eigenvalue weighted by Gasteiger charge is 2.48. The molecule has 3 nitrogen and oxygen atoms in total. The summed E-state index contributed by atoms with van der Waals surface area (Å²) in [5.41, 5.74) is 3.30. The van der Waals surface area contributed by atoms with Crippen LogP contribution in [0.25, 0.3) is 0 Å². The molecule has 1 aliphatic carbocycles. The minimum atomic E-state index is -0.621. The molecule has 1 spiro atoms. The summed E-state index contributed by atoms with van der Waals surface area (Å²) in [6, 6.07) is 1.90. The molecule has 0 bridgehead atoms. The predicted molar refractivity (Wildman–Crippen MR) is 60.5 cm³/mol. The Morgan fingerprint density at radius 3 is 3.06 bits per heavy atom. The van der Waals surface area contributed by atoms with Crippen LogP contribution in [0.4, 0.5) is 0 Å². The highest BCUT2D eigenvalue weighted by molar-refractivity contribution is 6.29. The Morgan fingerprint density at radius 1 is 1.56 bits per heavy atom. The van der Waals surface area contributed by atoms with Gasteiger partial charge in [0.1, 0.15) is 10.8 Å². The van der Waals surface area contributed by atoms with Crippen LogP contribution in [-0.4, -0.2) is 17.7 Å². The second kappa shape index (κ2) is 3.42. The maximum absolute atomic E-state index is 6.00. The van der Waals surface area contributed by atoms with Crippen molar-refractivity contribution in [1.82, 2.24) is 4.98 Å². The quantitative estimate of drug-likeness (QED) is 0.652. The van der Waals surface area contributed by atoms with Gasteiger partial charge in [0.05, 0.1) is 12.7 Å². The van der Waals surface area contributed by atoms with Crippen molar-refractivity contribution in [3.63, 3.8) is 0 Å². The molecule has 0 N–H and O–H groups in total. The predicted octanol–water partition coefficient (Wildman–Crippen LogP) is 2.58. The molecule has 2 heterocycles. The van der Waals surface area contributed by atoms with Gasteiger partial charge in [-0.3, -0.25) is 0 Å². The Kier molecular flexibility index (Phi) is 2.25. The van der Waals surface area contributed by atoms with Crippen molar-refractivity contribution in [2.75, 3.05) is 6.61 Å². The van der Waals surface area contributed by atoms with Crippen molar-refractivity contribution < 1.29 is 9.47 Å². The first-order valence-corrected chi connectivity index (χ1v) is 5.97. The van der Waals surface area contributed by atoms with Crippen molar-refractivity contribution in [2.24, 2.45) is 0 Å². The third-order valence-electron chi connectivity index (χ3n) is 3.32. The van der Waals surface area contributed by atoms with Gasteiger partial charge in [0.15, 0.2) is 0 Å². The molecule has 1 aromatic heterocycles. The maximum Gasteiger partial charge on any atom is 0.213 e. The normalized spacial score (nSPS) is 32.3. The zero-order chi connectivity index (χ0) is 11.3. The van der Waals surface area contributed by atoms with E-state index in [1.54, 1.807) is 0 Å². The number of pyridine rings is 1. The molecule has 0 aromatic carbocycles. The summed E-state index contributed by atoms with van der Waals surface area (Å²) in [5, 5.41) is 0.518. The van der Waals surface area contributed by atoms with E-state index in [1.165, 1.54) is 11.1 Å². The standard InChI is InChI=1S/C12H14ClNO2/c1-7-5-10(13)14-11-9(7)3-4-12(11)15-6-8(2)16-12/h5,8H,3-4,6H2,1-2H3. The van der Waals surface area contributed by atoms with E-state index in [0.29, 0.717) is 11.8 Å². The number of nitrogens with zero attached hydrogens (tertiary/aromatic N) is 1. The van der Waals surface area contributed by atoms with E-state index in [0.717, 1.165) is 18.5 Å². The van der Waals surface area contributed by atoms with Gasteiger partial charge in [-0.05, 0) is 37.5 Å². The Labute approximate surface area is 99.7 Å². The molecule has 0 saturated carbocycles. The van der Waals surface area contributed by atoms with E-state index < -0.39 is 5.79 Å². The lowest BCUT2D eigenvalue weighted by atomic mass is 10.1. The molecular formula is C12H14ClNO2. The molecule has 0 amide bonds. The van der Waals surface area contributed by atoms with Gasteiger partial charge in [0, 0.05) is 6.42 Å². The topological polar surface area (TPSA) is 31.4 Å². The molecule has 0 radical (unpaired) electrons. The molecule has 16 heavy (non-hydrogen) atoms. The zero-order valence-corrected chi connectivity index (χ0v) is 10.2. The lowest BCUT2D eigenvalue weighted by Crippen LogP contribution is -2.25. The lowest BCUT2D eigenvalue weighted by molar-refractivity contribution is -0.175. The third kappa shape index (κ3) is 1.39. The van der Waals surface area contributed by atoms with Gasteiger partial charge in [0.2, 0.25) is 5.79 Å². The van der Waals surface area contributed by atoms with Crippen LogP contribution in [0.3, 0.4) is 0 Å². The molecule has 2 unspecified atom stereocenters. The Bertz CT molecular complexity index is 449. The fourth-order valence-electron chi connectivity index (χ4n) is 2.60. The fraction of sp³-hybridized carbons (Fsp3) is 0.583. The van der Waals surface area contributed by atoms with Gasteiger partial charge in [-0.25, -0.2) is 4.98 Å². The summed E-state index contributed by atoms with van der Waals surface area (Å²) in [6.45, 7) is 4.71. The van der Waals surface area contributed by atoms with Gasteiger partial charge in [-0.15, -0.1) is 0 Å². The van der Waals surface area contributed by atoms with Crippen LogP contribution in [0, 0.1) is 6.92 Å². The molecule has 1 aromatic rings. The van der Waals surface area contributed by atoms with Gasteiger partial charge >= 0.3 is 0 Å². The molecule has 4 heteroatoms. The molecule has 1 aliphatic heterocycles. The Balaban J connectivity index is 2.12. The van der Waals surface area contributed by atoms with E-state index in [-0.39, 0.29) is 6.10 Å². The van der Waals surface area contributed by atoms with E-state index >= 15 is 0 Å². The highest BCUT2D eigenvalue weighted by atomic mass is 35.5. The number of fused-ring (bicyclic) bond motifs is 2. The summed E-state index contributed by atoms with van der Waals surface area (Å²) in [5.74, 6) is -0.621. The molecule has 2 aliphatic rings. The first-order chi connectivity index (χ1) is 7.61. The maximum atomic E-state index is 6.00. The molecule has 2 atom stereocenters. The minimum Gasteiger partial charge on any atom is -0.342 e. The summed E-state index contributed by atoms with van der Waals surface area (Å²) >= 11 is 6.00. The van der Waals surface area contributed by atoms with Gasteiger partial charge in [-0.2, -0.15) is 0 Å². The van der Waals surface area contributed by atoms with Gasteiger partial charge in [-0.1, -0.05) is 11.6 Å². The molecular weight excluding hydrogens is 226 g/mol. The number of hydrogen-bond acceptors (Lipinski definition) is 3. The van der Waals surface area contributed by atoms with E-state index in [2.05, 4.69) is 11.9 Å². The van der Waals surface area contributed by atoms with Gasteiger partial charge in [0.25, 0.3) is 0 Å². The summed E-state index contributed by atoms with van der Waals surface area (Å²) < 4.78 is 11.7. The first kappa shape index (κ1) is 10.5. The fourth-order valence-corrected chi connectivity index (χ4v) is 2.85. The number of ether oxygens (including phenoxy) is 2. The number of rotatable bonds is 0. The van der Waals surface area contributed by atoms with Crippen LogP contribution in [0.1, 0.15) is 30.2 Å². The van der Waals surface area contributed by atoms with Crippen LogP contribution in [-0.2, 0) is 21.7 Å². The van der Waals surface area contributed by atoms with Crippen molar-refractivity contribution in [3.05, 3.63) is 28.0 Å². The lowest BCUT2D eigenvalue weighted by Gasteiger charge is -2.22. The van der Waals surface area contributed by atoms with Crippen molar-refractivity contribution in [2.45, 2.75) is 38.6 Å². The van der Waals surface area contributed by atoms with Crippen molar-refractivity contribution in [3.8, 4) is 0 Å². The van der Waals surface area contributed by atoms with Crippen molar-refractivity contribution in [1.29, 1.82) is 0 Å². The van der Waals surface area contributed by atoms with E-state index in [9.17, 15) is 0 Å². The molecule has 86 valence electrons. The minimum absolute atomic E-state index is 0.132. The second-order valence-electron chi connectivity index (χ2n) is 4.58. The summed E-state index contributed by atoms with van der Waals surface area (Å²) in [4.78, 5) is 4.40. The first-order valence-electron chi connectivity index (χ1n) is 5.59. The van der Waals surface area contributed by atoms with Crippen LogP contribution in [0.5, 0.6) is 0 Å². The Morgan fingerprint density at radius 2 is 2.38 bits per heavy atom. The van der Waals surface area contributed by atoms with Crippen molar-refractivity contribution >= 4 is 11.6 Å². The molecule has 1 fully saturated rings. The Hall–Kier alpha value is -0.640. The second-order valence-corrected chi connectivity index (χ2v) is 4.97. The van der Waals surface area contributed by atoms with Gasteiger partial charge < -0.3 is 9.47 Å². The summed E-state index contributed by atoms with van der Waals surface area (Å²) in [6.07, 6.45) is 1.94. The average Bonchev–Trinajstić information content (AvgIpc) is 2.74. The van der Waals surface area contributed by atoms with Crippen LogP contribution in [0.2, 0.25) is 5.15 Å². The van der Waals surface area contributed by atoms with E-state index in [4.69, 9.17) is 21.1 Å². The number of aryl methyl sites for hydroxylation is 1. The smallest absolute Gasteiger partial charge is 0.213 e. The number of hydrogen-bond donors (Lipinski definition) is 0. The van der Waals surface area contributed by atoms with Crippen LogP contribution < -0.4 is 0 Å². The van der Waals surface area contributed by atoms with Crippen LogP contribution >= 0.6 is 11.6 Å². The third-order valence-corrected chi connectivity index (χ3v) is 3.52. The molecule has 1 saturated heterocycles. The zero-order valence-electron chi connectivity index (χ0n) is 9.42. The molecule has 3 rings (SSSR count). The number of aromatic nitrogens is 1. The highest BCUT2D eigenvalue weighted by Crippen LogP contribution is 2.45. The SMILES string of the molecule is Cc1cc(Cl)nc2c1CCC21OCC(C)O1. The largest absolute Gasteiger partial charge is 0.342 e. The number of halogens is 1. The van der Waals surface area contributed by atoms with E-state index in [1.807, 2.05) is 13.0 Å². The average molecular weight is 240 g/mol. The van der Waals surface area contributed by atoms with Crippen LogP contribution in [0.15, 0.2) is 6.07 Å². The monoisotopic (exact) mass is 239 g/mol. The summed E-state index contributed by atoms with van der Waals surface area (Å²) in [7, 11) is 0.